The van der Waals surface area contributed by atoms with Crippen molar-refractivity contribution in [2.75, 3.05) is 18.5 Å². The zero-order chi connectivity index (χ0) is 12.5. The summed E-state index contributed by atoms with van der Waals surface area (Å²) in [6, 6.07) is 9.29. The second-order valence-electron chi connectivity index (χ2n) is 5.42. The Morgan fingerprint density at radius 3 is 2.47 bits per heavy atom. The maximum Gasteiger partial charge on any atom is 0.0371 e. The Hall–Kier alpha value is -0.540. The molecule has 2 nitrogen and oxygen atoms in total. The third-order valence-electron chi connectivity index (χ3n) is 3.72. The number of benzene rings is 1. The summed E-state index contributed by atoms with van der Waals surface area (Å²) in [4.78, 5) is 2.52. The first kappa shape index (κ1) is 12.9. The lowest BCUT2D eigenvalue weighted by Gasteiger charge is -2.47. The average molecular weight is 297 g/mol. The van der Waals surface area contributed by atoms with Crippen LogP contribution in [0.15, 0.2) is 28.7 Å². The molecule has 0 saturated carbocycles. The van der Waals surface area contributed by atoms with Gasteiger partial charge in [-0.25, -0.2) is 0 Å². The lowest BCUT2D eigenvalue weighted by Crippen LogP contribution is -2.54. The van der Waals surface area contributed by atoms with Gasteiger partial charge in [-0.15, -0.1) is 0 Å². The van der Waals surface area contributed by atoms with Crippen molar-refractivity contribution in [2.45, 2.75) is 38.3 Å². The molecule has 0 aliphatic carbocycles. The molecule has 0 bridgehead atoms. The molecule has 1 saturated heterocycles. The average Bonchev–Trinajstić information content (AvgIpc) is 2.29. The molecular formula is C14H21BrN2. The van der Waals surface area contributed by atoms with Gasteiger partial charge >= 0.3 is 0 Å². The predicted octanol–water partition coefficient (Wildman–Crippen LogP) is 3.42. The van der Waals surface area contributed by atoms with Gasteiger partial charge in [-0.2, -0.15) is 0 Å². The highest BCUT2D eigenvalue weighted by molar-refractivity contribution is 9.10. The lowest BCUT2D eigenvalue weighted by molar-refractivity contribution is 0.302. The van der Waals surface area contributed by atoms with Crippen LogP contribution in [0, 0.1) is 0 Å². The van der Waals surface area contributed by atoms with Crippen LogP contribution >= 0.6 is 15.9 Å². The van der Waals surface area contributed by atoms with Gasteiger partial charge in [0.2, 0.25) is 0 Å². The molecule has 0 spiro atoms. The Morgan fingerprint density at radius 1 is 1.29 bits per heavy atom. The molecule has 1 aliphatic rings. The van der Waals surface area contributed by atoms with Crippen molar-refractivity contribution in [3.05, 3.63) is 28.7 Å². The number of halogens is 1. The number of nitrogens with one attached hydrogen (secondary N) is 1. The van der Waals surface area contributed by atoms with Gasteiger partial charge in [0.25, 0.3) is 0 Å². The van der Waals surface area contributed by atoms with Gasteiger partial charge in [-0.05, 0) is 58.0 Å². The van der Waals surface area contributed by atoms with Gasteiger partial charge in [-0.1, -0.05) is 15.9 Å². The van der Waals surface area contributed by atoms with Gasteiger partial charge in [0.05, 0.1) is 0 Å². The fourth-order valence-corrected chi connectivity index (χ4v) is 3.01. The Morgan fingerprint density at radius 2 is 1.94 bits per heavy atom. The molecule has 1 heterocycles. The van der Waals surface area contributed by atoms with Gasteiger partial charge < -0.3 is 10.2 Å². The summed E-state index contributed by atoms with van der Waals surface area (Å²) in [7, 11) is 2.07. The maximum absolute atomic E-state index is 3.49. The van der Waals surface area contributed by atoms with E-state index >= 15 is 0 Å². The van der Waals surface area contributed by atoms with Crippen molar-refractivity contribution in [1.82, 2.24) is 5.32 Å². The van der Waals surface area contributed by atoms with Crippen LogP contribution in [0.4, 0.5) is 5.69 Å². The Balaban J connectivity index is 2.18. The summed E-state index contributed by atoms with van der Waals surface area (Å²) in [5, 5.41) is 3.41. The van der Waals surface area contributed by atoms with E-state index in [1.165, 1.54) is 18.5 Å². The quantitative estimate of drug-likeness (QED) is 0.900. The van der Waals surface area contributed by atoms with Crippen LogP contribution in [-0.4, -0.2) is 25.2 Å². The highest BCUT2D eigenvalue weighted by atomic mass is 79.9. The van der Waals surface area contributed by atoms with Gasteiger partial charge in [-0.3, -0.25) is 0 Å². The van der Waals surface area contributed by atoms with Crippen molar-refractivity contribution >= 4 is 21.6 Å². The SMILES string of the molecule is CNC1CCN(c2ccc(Br)cc2)C(C)(C)C1. The molecule has 0 radical (unpaired) electrons. The third-order valence-corrected chi connectivity index (χ3v) is 4.25. The molecule has 2 rings (SSSR count). The topological polar surface area (TPSA) is 15.3 Å². The molecule has 3 heteroatoms. The van der Waals surface area contributed by atoms with Crippen molar-refractivity contribution in [2.24, 2.45) is 0 Å². The monoisotopic (exact) mass is 296 g/mol. The van der Waals surface area contributed by atoms with E-state index in [0.717, 1.165) is 11.0 Å². The standard InChI is InChI=1S/C14H21BrN2/c1-14(2)10-12(16-3)8-9-17(14)13-6-4-11(15)5-7-13/h4-7,12,16H,8-10H2,1-3H3. The van der Waals surface area contributed by atoms with Crippen LogP contribution in [-0.2, 0) is 0 Å². The van der Waals surface area contributed by atoms with Gasteiger partial charge in [0.1, 0.15) is 0 Å². The zero-order valence-electron chi connectivity index (χ0n) is 10.8. The van der Waals surface area contributed by atoms with E-state index in [1.807, 2.05) is 0 Å². The van der Waals surface area contributed by atoms with Crippen molar-refractivity contribution in [3.63, 3.8) is 0 Å². The molecule has 1 aliphatic heterocycles. The molecule has 94 valence electrons. The molecule has 1 atom stereocenters. The van der Waals surface area contributed by atoms with E-state index in [4.69, 9.17) is 0 Å². The number of anilines is 1. The Kier molecular flexibility index (Phi) is 3.79. The van der Waals surface area contributed by atoms with Crippen molar-refractivity contribution < 1.29 is 0 Å². The number of piperidine rings is 1. The summed E-state index contributed by atoms with van der Waals surface area (Å²) >= 11 is 3.49. The van der Waals surface area contributed by atoms with Gasteiger partial charge in [0, 0.05) is 28.3 Å². The normalized spacial score (nSPS) is 23.8. The van der Waals surface area contributed by atoms with Crippen LogP contribution in [0.25, 0.3) is 0 Å². The van der Waals surface area contributed by atoms with Crippen LogP contribution < -0.4 is 10.2 Å². The number of hydrogen-bond donors (Lipinski definition) is 1. The Bertz CT molecular complexity index is 372. The number of nitrogens with zero attached hydrogens (tertiary/aromatic N) is 1. The van der Waals surface area contributed by atoms with E-state index in [2.05, 4.69) is 71.3 Å². The van der Waals surface area contributed by atoms with Crippen LogP contribution in [0.3, 0.4) is 0 Å². The first-order chi connectivity index (χ1) is 8.03. The van der Waals surface area contributed by atoms with E-state index in [1.54, 1.807) is 0 Å². The summed E-state index contributed by atoms with van der Waals surface area (Å²) < 4.78 is 1.14. The van der Waals surface area contributed by atoms with Crippen molar-refractivity contribution in [3.8, 4) is 0 Å². The largest absolute Gasteiger partial charge is 0.366 e. The smallest absolute Gasteiger partial charge is 0.0371 e. The second-order valence-corrected chi connectivity index (χ2v) is 6.33. The summed E-state index contributed by atoms with van der Waals surface area (Å²) in [6.45, 7) is 5.79. The predicted molar refractivity (Wildman–Crippen MR) is 77.6 cm³/mol. The van der Waals surface area contributed by atoms with E-state index in [9.17, 15) is 0 Å². The van der Waals surface area contributed by atoms with E-state index in [0.29, 0.717) is 6.04 Å². The first-order valence-electron chi connectivity index (χ1n) is 6.23. The first-order valence-corrected chi connectivity index (χ1v) is 7.03. The molecule has 0 aromatic heterocycles. The van der Waals surface area contributed by atoms with Crippen LogP contribution in [0.1, 0.15) is 26.7 Å². The zero-order valence-corrected chi connectivity index (χ0v) is 12.4. The summed E-state index contributed by atoms with van der Waals surface area (Å²) in [5.41, 5.74) is 1.55. The van der Waals surface area contributed by atoms with E-state index < -0.39 is 0 Å². The second kappa shape index (κ2) is 4.99. The van der Waals surface area contributed by atoms with E-state index in [-0.39, 0.29) is 5.54 Å². The number of rotatable bonds is 2. The summed E-state index contributed by atoms with van der Waals surface area (Å²) in [6.07, 6.45) is 2.41. The Labute approximate surface area is 113 Å². The summed E-state index contributed by atoms with van der Waals surface area (Å²) in [5.74, 6) is 0. The molecular weight excluding hydrogens is 276 g/mol. The highest BCUT2D eigenvalue weighted by Gasteiger charge is 2.34. The highest BCUT2D eigenvalue weighted by Crippen LogP contribution is 2.33. The molecule has 17 heavy (non-hydrogen) atoms. The maximum atomic E-state index is 3.49. The molecule has 1 aromatic carbocycles. The number of hydrogen-bond acceptors (Lipinski definition) is 2. The minimum absolute atomic E-state index is 0.222. The molecule has 0 amide bonds. The van der Waals surface area contributed by atoms with Crippen LogP contribution in [0.5, 0.6) is 0 Å². The molecule has 1 unspecified atom stereocenters. The minimum Gasteiger partial charge on any atom is -0.366 e. The fraction of sp³-hybridized carbons (Fsp3) is 0.571. The van der Waals surface area contributed by atoms with Crippen LogP contribution in [0.2, 0.25) is 0 Å². The lowest BCUT2D eigenvalue weighted by atomic mass is 9.86. The minimum atomic E-state index is 0.222. The molecule has 1 fully saturated rings. The van der Waals surface area contributed by atoms with Gasteiger partial charge in [0.15, 0.2) is 0 Å². The third kappa shape index (κ3) is 2.83. The molecule has 1 N–H and O–H groups in total. The van der Waals surface area contributed by atoms with Crippen molar-refractivity contribution in [1.29, 1.82) is 0 Å². The molecule has 1 aromatic rings. The fourth-order valence-electron chi connectivity index (χ4n) is 2.75.